The highest BCUT2D eigenvalue weighted by Gasteiger charge is 2.25. The molecule has 84 valence electrons. The molecule has 1 saturated heterocycles. The average molecular weight is 199 g/mol. The van der Waals surface area contributed by atoms with E-state index >= 15 is 0 Å². The van der Waals surface area contributed by atoms with E-state index in [1.54, 1.807) is 0 Å². The molecule has 14 heavy (non-hydrogen) atoms. The van der Waals surface area contributed by atoms with Crippen molar-refractivity contribution in [1.82, 2.24) is 5.32 Å². The molecule has 0 bridgehead atoms. The summed E-state index contributed by atoms with van der Waals surface area (Å²) < 4.78 is 0. The summed E-state index contributed by atoms with van der Waals surface area (Å²) in [6, 6.07) is 0. The number of nitrogens with one attached hydrogen (secondary N) is 1. The van der Waals surface area contributed by atoms with Crippen LogP contribution in [0, 0.1) is 11.3 Å². The fraction of sp³-hybridized carbons (Fsp3) is 1.00. The first kappa shape index (κ1) is 12.0. The van der Waals surface area contributed by atoms with E-state index in [1.807, 2.05) is 0 Å². The lowest BCUT2D eigenvalue weighted by molar-refractivity contribution is 0.0404. The molecule has 2 heteroatoms. The van der Waals surface area contributed by atoms with E-state index in [-0.39, 0.29) is 11.5 Å². The Balaban J connectivity index is 2.34. The first-order chi connectivity index (χ1) is 6.50. The minimum Gasteiger partial charge on any atom is -0.393 e. The summed E-state index contributed by atoms with van der Waals surface area (Å²) in [6.45, 7) is 8.58. The summed E-state index contributed by atoms with van der Waals surface area (Å²) in [4.78, 5) is 0. The van der Waals surface area contributed by atoms with Gasteiger partial charge < -0.3 is 10.4 Å². The molecule has 0 aromatic rings. The van der Waals surface area contributed by atoms with Gasteiger partial charge in [-0.1, -0.05) is 27.2 Å². The Morgan fingerprint density at radius 2 is 2.07 bits per heavy atom. The first-order valence-electron chi connectivity index (χ1n) is 5.89. The second-order valence-corrected chi connectivity index (χ2v) is 5.68. The van der Waals surface area contributed by atoms with Gasteiger partial charge in [-0.2, -0.15) is 0 Å². The molecule has 1 heterocycles. The molecular formula is C12H25NO. The quantitative estimate of drug-likeness (QED) is 0.714. The van der Waals surface area contributed by atoms with E-state index in [2.05, 4.69) is 26.1 Å². The maximum atomic E-state index is 10.0. The molecule has 0 aromatic heterocycles. The Morgan fingerprint density at radius 1 is 1.36 bits per heavy atom. The molecule has 0 aromatic carbocycles. The van der Waals surface area contributed by atoms with Crippen molar-refractivity contribution in [3.63, 3.8) is 0 Å². The predicted octanol–water partition coefficient (Wildman–Crippen LogP) is 2.17. The lowest BCUT2D eigenvalue weighted by Gasteiger charge is -2.29. The summed E-state index contributed by atoms with van der Waals surface area (Å²) in [7, 11) is 0. The first-order valence-corrected chi connectivity index (χ1v) is 5.89. The van der Waals surface area contributed by atoms with Crippen molar-refractivity contribution < 1.29 is 5.11 Å². The van der Waals surface area contributed by atoms with Crippen LogP contribution in [0.3, 0.4) is 0 Å². The summed E-state index contributed by atoms with van der Waals surface area (Å²) in [5, 5.41) is 13.4. The van der Waals surface area contributed by atoms with Gasteiger partial charge in [-0.15, -0.1) is 0 Å². The molecule has 0 aliphatic carbocycles. The zero-order chi connectivity index (χ0) is 10.6. The monoisotopic (exact) mass is 199 g/mol. The largest absolute Gasteiger partial charge is 0.393 e. The van der Waals surface area contributed by atoms with Gasteiger partial charge in [0.1, 0.15) is 0 Å². The van der Waals surface area contributed by atoms with E-state index in [9.17, 15) is 5.11 Å². The molecule has 1 aliphatic rings. The van der Waals surface area contributed by atoms with Crippen LogP contribution in [-0.4, -0.2) is 24.3 Å². The van der Waals surface area contributed by atoms with Crippen LogP contribution in [-0.2, 0) is 0 Å². The van der Waals surface area contributed by atoms with E-state index < -0.39 is 0 Å². The van der Waals surface area contributed by atoms with Gasteiger partial charge in [-0.25, -0.2) is 0 Å². The normalized spacial score (nSPS) is 27.0. The van der Waals surface area contributed by atoms with Gasteiger partial charge >= 0.3 is 0 Å². The van der Waals surface area contributed by atoms with Crippen molar-refractivity contribution in [3.05, 3.63) is 0 Å². The van der Waals surface area contributed by atoms with E-state index in [0.29, 0.717) is 5.92 Å². The molecule has 1 rings (SSSR count). The van der Waals surface area contributed by atoms with Crippen LogP contribution >= 0.6 is 0 Å². The molecule has 1 aliphatic heterocycles. The highest BCUT2D eigenvalue weighted by molar-refractivity contribution is 4.78. The van der Waals surface area contributed by atoms with Crippen LogP contribution in [0.2, 0.25) is 0 Å². The van der Waals surface area contributed by atoms with E-state index in [4.69, 9.17) is 0 Å². The third-order valence-electron chi connectivity index (χ3n) is 3.21. The fourth-order valence-corrected chi connectivity index (χ4v) is 1.96. The maximum absolute atomic E-state index is 10.0. The van der Waals surface area contributed by atoms with Crippen molar-refractivity contribution in [3.8, 4) is 0 Å². The van der Waals surface area contributed by atoms with Crippen LogP contribution < -0.4 is 5.32 Å². The lowest BCUT2D eigenvalue weighted by Crippen LogP contribution is -2.31. The van der Waals surface area contributed by atoms with Crippen LogP contribution in [0.25, 0.3) is 0 Å². The third kappa shape index (κ3) is 3.97. The zero-order valence-electron chi connectivity index (χ0n) is 9.84. The Morgan fingerprint density at radius 3 is 2.71 bits per heavy atom. The van der Waals surface area contributed by atoms with Crippen molar-refractivity contribution in [2.24, 2.45) is 11.3 Å². The molecule has 2 atom stereocenters. The fourth-order valence-electron chi connectivity index (χ4n) is 1.96. The second kappa shape index (κ2) is 5.13. The SMILES string of the molecule is CC(C)(C)C(O)CC1CCCCNC1. The van der Waals surface area contributed by atoms with Crippen LogP contribution in [0.5, 0.6) is 0 Å². The summed E-state index contributed by atoms with van der Waals surface area (Å²) in [6.07, 6.45) is 4.68. The maximum Gasteiger partial charge on any atom is 0.0591 e. The van der Waals surface area contributed by atoms with Crippen molar-refractivity contribution in [2.45, 2.75) is 52.6 Å². The van der Waals surface area contributed by atoms with Gasteiger partial charge in [0.15, 0.2) is 0 Å². The Labute approximate surface area is 88.1 Å². The standard InChI is InChI=1S/C12H25NO/c1-12(2,3)11(14)8-10-6-4-5-7-13-9-10/h10-11,13-14H,4-9H2,1-3H3. The topological polar surface area (TPSA) is 32.3 Å². The Kier molecular flexibility index (Phi) is 4.39. The molecule has 0 spiro atoms. The molecule has 0 radical (unpaired) electrons. The summed E-state index contributed by atoms with van der Waals surface area (Å²) in [5.74, 6) is 0.673. The van der Waals surface area contributed by atoms with Crippen LogP contribution in [0.15, 0.2) is 0 Å². The number of hydrogen-bond acceptors (Lipinski definition) is 2. The van der Waals surface area contributed by atoms with Gasteiger partial charge in [0.05, 0.1) is 6.10 Å². The van der Waals surface area contributed by atoms with Crippen molar-refractivity contribution >= 4 is 0 Å². The summed E-state index contributed by atoms with van der Waals surface area (Å²) in [5.41, 5.74) is 0.0340. The molecule has 0 amide bonds. The lowest BCUT2D eigenvalue weighted by atomic mass is 9.82. The number of hydrogen-bond donors (Lipinski definition) is 2. The average Bonchev–Trinajstić information content (AvgIpc) is 2.31. The molecule has 2 unspecified atom stereocenters. The van der Waals surface area contributed by atoms with Gasteiger partial charge in [0.2, 0.25) is 0 Å². The van der Waals surface area contributed by atoms with E-state index in [0.717, 1.165) is 19.5 Å². The van der Waals surface area contributed by atoms with E-state index in [1.165, 1.54) is 19.3 Å². The van der Waals surface area contributed by atoms with Crippen molar-refractivity contribution in [1.29, 1.82) is 0 Å². The predicted molar refractivity (Wildman–Crippen MR) is 60.3 cm³/mol. The highest BCUT2D eigenvalue weighted by atomic mass is 16.3. The Bertz CT molecular complexity index is 154. The number of rotatable bonds is 2. The second-order valence-electron chi connectivity index (χ2n) is 5.68. The van der Waals surface area contributed by atoms with Crippen LogP contribution in [0.1, 0.15) is 46.5 Å². The summed E-state index contributed by atoms with van der Waals surface area (Å²) >= 11 is 0. The van der Waals surface area contributed by atoms with Crippen LogP contribution in [0.4, 0.5) is 0 Å². The molecule has 1 fully saturated rings. The third-order valence-corrected chi connectivity index (χ3v) is 3.21. The van der Waals surface area contributed by atoms with Gasteiger partial charge in [0, 0.05) is 0 Å². The van der Waals surface area contributed by atoms with Gasteiger partial charge in [-0.3, -0.25) is 0 Å². The molecular weight excluding hydrogens is 174 g/mol. The smallest absolute Gasteiger partial charge is 0.0591 e. The number of aliphatic hydroxyl groups excluding tert-OH is 1. The molecule has 2 nitrogen and oxygen atoms in total. The van der Waals surface area contributed by atoms with Crippen molar-refractivity contribution in [2.75, 3.05) is 13.1 Å². The molecule has 0 saturated carbocycles. The highest BCUT2D eigenvalue weighted by Crippen LogP contribution is 2.26. The zero-order valence-corrected chi connectivity index (χ0v) is 9.84. The minimum absolute atomic E-state index is 0.0340. The van der Waals surface area contributed by atoms with Gasteiger partial charge in [0.25, 0.3) is 0 Å². The van der Waals surface area contributed by atoms with Gasteiger partial charge in [-0.05, 0) is 43.7 Å². The Hall–Kier alpha value is -0.0800. The molecule has 2 N–H and O–H groups in total. The number of aliphatic hydroxyl groups is 1. The minimum atomic E-state index is -0.160.